The molecule has 0 aromatic heterocycles. The van der Waals surface area contributed by atoms with Crippen molar-refractivity contribution in [2.45, 2.75) is 0 Å². The van der Waals surface area contributed by atoms with Gasteiger partial charge in [-0.05, 0) is 53.6 Å². The van der Waals surface area contributed by atoms with Crippen LogP contribution >= 0.6 is 0 Å². The number of hydrogen-bond acceptors (Lipinski definition) is 5. The molecule has 0 saturated carbocycles. The molecule has 160 valence electrons. The molecule has 2 amide bonds. The lowest BCUT2D eigenvalue weighted by Crippen LogP contribution is -2.32. The molecule has 0 aliphatic rings. The first kappa shape index (κ1) is 22.0. The predicted molar refractivity (Wildman–Crippen MR) is 117 cm³/mol. The summed E-state index contributed by atoms with van der Waals surface area (Å²) in [6, 6.07) is 19.2. The number of nitro groups is 1. The van der Waals surface area contributed by atoms with Crippen molar-refractivity contribution in [2.24, 2.45) is 5.10 Å². The van der Waals surface area contributed by atoms with Gasteiger partial charge in [0, 0.05) is 17.7 Å². The van der Waals surface area contributed by atoms with E-state index in [2.05, 4.69) is 15.8 Å². The zero-order chi connectivity index (χ0) is 22.9. The summed E-state index contributed by atoms with van der Waals surface area (Å²) < 4.78 is 13.0. The molecule has 0 atom stereocenters. The number of amides is 2. The van der Waals surface area contributed by atoms with Gasteiger partial charge in [0.2, 0.25) is 0 Å². The number of carbonyl (C=O) groups is 2. The topological polar surface area (TPSA) is 114 Å². The average Bonchev–Trinajstić information content (AvgIpc) is 2.80. The fourth-order valence-corrected chi connectivity index (χ4v) is 2.58. The summed E-state index contributed by atoms with van der Waals surface area (Å²) in [5.41, 5.74) is 3.42. The Morgan fingerprint density at radius 2 is 1.53 bits per heavy atom. The summed E-state index contributed by atoms with van der Waals surface area (Å²) >= 11 is 0. The molecule has 2 N–H and O–H groups in total. The maximum atomic E-state index is 13.0. The molecule has 0 aliphatic carbocycles. The van der Waals surface area contributed by atoms with Gasteiger partial charge in [-0.15, -0.1) is 0 Å². The van der Waals surface area contributed by atoms with E-state index in [-0.39, 0.29) is 11.4 Å². The molecule has 0 heterocycles. The van der Waals surface area contributed by atoms with E-state index in [0.29, 0.717) is 16.7 Å². The first-order valence-corrected chi connectivity index (χ1v) is 9.34. The number of benzene rings is 3. The van der Waals surface area contributed by atoms with E-state index in [1.54, 1.807) is 30.3 Å². The molecule has 0 bridgehead atoms. The Morgan fingerprint density at radius 1 is 0.906 bits per heavy atom. The van der Waals surface area contributed by atoms with Crippen molar-refractivity contribution >= 4 is 29.8 Å². The maximum absolute atomic E-state index is 13.0. The normalized spacial score (nSPS) is 11.2. The quantitative estimate of drug-likeness (QED) is 0.257. The summed E-state index contributed by atoms with van der Waals surface area (Å²) in [6.45, 7) is 0. The number of hydrogen-bond donors (Lipinski definition) is 2. The van der Waals surface area contributed by atoms with Gasteiger partial charge in [-0.3, -0.25) is 19.7 Å². The second-order valence-corrected chi connectivity index (χ2v) is 6.48. The van der Waals surface area contributed by atoms with Crippen LogP contribution in [-0.4, -0.2) is 23.0 Å². The number of rotatable bonds is 7. The fourth-order valence-electron chi connectivity index (χ4n) is 2.58. The molecule has 9 heteroatoms. The molecular weight excluding hydrogens is 415 g/mol. The highest BCUT2D eigenvalue weighted by Crippen LogP contribution is 2.14. The molecule has 8 nitrogen and oxygen atoms in total. The number of carbonyl (C=O) groups excluding carboxylic acids is 2. The highest BCUT2D eigenvalue weighted by atomic mass is 19.1. The van der Waals surface area contributed by atoms with Crippen molar-refractivity contribution in [3.63, 3.8) is 0 Å². The van der Waals surface area contributed by atoms with Gasteiger partial charge < -0.3 is 5.32 Å². The molecule has 32 heavy (non-hydrogen) atoms. The lowest BCUT2D eigenvalue weighted by atomic mass is 10.1. The SMILES string of the molecule is O=C(N/N=C/c1ccc(F)cc1)/C(=C/c1ccc([N+](=O)[O-])cc1)NC(=O)c1ccccc1. The number of halogens is 1. The van der Waals surface area contributed by atoms with E-state index in [0.717, 1.165) is 0 Å². The molecule has 0 fully saturated rings. The van der Waals surface area contributed by atoms with Crippen molar-refractivity contribution < 1.29 is 18.9 Å². The lowest BCUT2D eigenvalue weighted by Gasteiger charge is -2.09. The van der Waals surface area contributed by atoms with Crippen molar-refractivity contribution in [3.8, 4) is 0 Å². The van der Waals surface area contributed by atoms with Gasteiger partial charge in [0.15, 0.2) is 0 Å². The number of nitro benzene ring substituents is 1. The van der Waals surface area contributed by atoms with Crippen molar-refractivity contribution in [1.82, 2.24) is 10.7 Å². The van der Waals surface area contributed by atoms with Crippen LogP contribution in [0.2, 0.25) is 0 Å². The van der Waals surface area contributed by atoms with Crippen LogP contribution in [0.4, 0.5) is 10.1 Å². The zero-order valence-electron chi connectivity index (χ0n) is 16.6. The predicted octanol–water partition coefficient (Wildman–Crippen LogP) is 3.66. The van der Waals surface area contributed by atoms with E-state index < -0.39 is 22.6 Å². The van der Waals surface area contributed by atoms with E-state index in [1.165, 1.54) is 60.8 Å². The molecule has 3 rings (SSSR count). The van der Waals surface area contributed by atoms with E-state index in [9.17, 15) is 24.1 Å². The summed E-state index contributed by atoms with van der Waals surface area (Å²) in [4.78, 5) is 35.5. The Balaban J connectivity index is 1.81. The fraction of sp³-hybridized carbons (Fsp3) is 0. The average molecular weight is 432 g/mol. The van der Waals surface area contributed by atoms with Gasteiger partial charge >= 0.3 is 0 Å². The summed E-state index contributed by atoms with van der Waals surface area (Å²) in [5.74, 6) is -1.63. The third kappa shape index (κ3) is 6.17. The molecule has 0 radical (unpaired) electrons. The first-order valence-electron chi connectivity index (χ1n) is 9.34. The molecule has 3 aromatic carbocycles. The van der Waals surface area contributed by atoms with Gasteiger partial charge in [0.25, 0.3) is 17.5 Å². The van der Waals surface area contributed by atoms with Gasteiger partial charge in [0.1, 0.15) is 11.5 Å². The van der Waals surface area contributed by atoms with Gasteiger partial charge in [-0.2, -0.15) is 5.10 Å². The van der Waals surface area contributed by atoms with Crippen LogP contribution in [0.1, 0.15) is 21.5 Å². The molecular formula is C23H17FN4O4. The van der Waals surface area contributed by atoms with Gasteiger partial charge in [-0.1, -0.05) is 30.3 Å². The second kappa shape index (κ2) is 10.4. The zero-order valence-corrected chi connectivity index (χ0v) is 16.6. The van der Waals surface area contributed by atoms with Crippen LogP contribution in [0, 0.1) is 15.9 Å². The number of non-ortho nitro benzene ring substituents is 1. The highest BCUT2D eigenvalue weighted by Gasteiger charge is 2.14. The minimum Gasteiger partial charge on any atom is -0.317 e. The summed E-state index contributed by atoms with van der Waals surface area (Å²) in [5, 5.41) is 17.2. The highest BCUT2D eigenvalue weighted by molar-refractivity contribution is 6.05. The van der Waals surface area contributed by atoms with Crippen molar-refractivity contribution in [3.05, 3.63) is 117 Å². The standard InChI is InChI=1S/C23H17FN4O4/c24-19-10-6-17(7-11-19)15-25-27-23(30)21(26-22(29)18-4-2-1-3-5-18)14-16-8-12-20(13-9-16)28(31)32/h1-15H,(H,26,29)(H,27,30)/b21-14-,25-15+. The molecule has 0 spiro atoms. The summed E-state index contributed by atoms with van der Waals surface area (Å²) in [7, 11) is 0. The van der Waals surface area contributed by atoms with Crippen molar-refractivity contribution in [2.75, 3.05) is 0 Å². The Labute approximate surface area is 182 Å². The third-order valence-corrected chi connectivity index (χ3v) is 4.19. The van der Waals surface area contributed by atoms with E-state index >= 15 is 0 Å². The second-order valence-electron chi connectivity index (χ2n) is 6.48. The molecule has 0 saturated heterocycles. The van der Waals surface area contributed by atoms with Crippen LogP contribution in [-0.2, 0) is 4.79 Å². The van der Waals surface area contributed by atoms with Gasteiger partial charge in [0.05, 0.1) is 11.1 Å². The van der Waals surface area contributed by atoms with Crippen LogP contribution in [0.5, 0.6) is 0 Å². The van der Waals surface area contributed by atoms with Crippen molar-refractivity contribution in [1.29, 1.82) is 0 Å². The van der Waals surface area contributed by atoms with Crippen LogP contribution < -0.4 is 10.7 Å². The largest absolute Gasteiger partial charge is 0.317 e. The maximum Gasteiger partial charge on any atom is 0.287 e. The lowest BCUT2D eigenvalue weighted by molar-refractivity contribution is -0.384. The first-order chi connectivity index (χ1) is 15.4. The van der Waals surface area contributed by atoms with Crippen LogP contribution in [0.3, 0.4) is 0 Å². The Kier molecular flexibility index (Phi) is 7.16. The minimum atomic E-state index is -0.717. The Bertz CT molecular complexity index is 1170. The number of nitrogens with one attached hydrogen (secondary N) is 2. The molecule has 0 unspecified atom stereocenters. The van der Waals surface area contributed by atoms with E-state index in [1.807, 2.05) is 0 Å². The van der Waals surface area contributed by atoms with Crippen LogP contribution in [0.25, 0.3) is 6.08 Å². The Hall–Kier alpha value is -4.66. The van der Waals surface area contributed by atoms with Gasteiger partial charge in [-0.25, -0.2) is 9.82 Å². The smallest absolute Gasteiger partial charge is 0.287 e. The summed E-state index contributed by atoms with van der Waals surface area (Å²) in [6.07, 6.45) is 2.69. The molecule has 3 aromatic rings. The molecule has 0 aliphatic heterocycles. The Morgan fingerprint density at radius 3 is 2.16 bits per heavy atom. The minimum absolute atomic E-state index is 0.106. The number of hydrazone groups is 1. The van der Waals surface area contributed by atoms with Crippen LogP contribution in [0.15, 0.2) is 89.7 Å². The number of nitrogens with zero attached hydrogens (tertiary/aromatic N) is 2. The van der Waals surface area contributed by atoms with E-state index in [4.69, 9.17) is 0 Å². The third-order valence-electron chi connectivity index (χ3n) is 4.19. The monoisotopic (exact) mass is 432 g/mol.